The molecule has 0 bridgehead atoms. The van der Waals surface area contributed by atoms with Crippen LogP contribution in [-0.2, 0) is 0 Å². The fourth-order valence-electron chi connectivity index (χ4n) is 3.96. The molecule has 0 saturated carbocycles. The van der Waals surface area contributed by atoms with Gasteiger partial charge in [0.15, 0.2) is 0 Å². The summed E-state index contributed by atoms with van der Waals surface area (Å²) in [5.74, 6) is 0. The van der Waals surface area contributed by atoms with Crippen molar-refractivity contribution in [2.24, 2.45) is 11.5 Å². The first-order chi connectivity index (χ1) is 14.3. The minimum Gasteiger partial charge on any atom is -0.330 e. The molecule has 0 aromatic carbocycles. The van der Waals surface area contributed by atoms with Crippen LogP contribution in [0.4, 0.5) is 0 Å². The Morgan fingerprint density at radius 3 is 1.31 bits per heavy atom. The predicted octanol–water partition coefficient (Wildman–Crippen LogP) is 5.45. The van der Waals surface area contributed by atoms with E-state index >= 15 is 0 Å². The lowest BCUT2D eigenvalue weighted by atomic mass is 10.0. The molecule has 0 aromatic rings. The van der Waals surface area contributed by atoms with E-state index in [-0.39, 0.29) is 0 Å². The fraction of sp³-hybridized carbons (Fsp3) is 1.00. The second kappa shape index (κ2) is 25.9. The Morgan fingerprint density at radius 2 is 0.862 bits per heavy atom. The van der Waals surface area contributed by atoms with Crippen LogP contribution in [0.15, 0.2) is 0 Å². The van der Waals surface area contributed by atoms with Crippen molar-refractivity contribution in [1.29, 1.82) is 0 Å². The Morgan fingerprint density at radius 1 is 0.483 bits per heavy atom. The van der Waals surface area contributed by atoms with E-state index in [1.807, 2.05) is 0 Å². The summed E-state index contributed by atoms with van der Waals surface area (Å²) in [6.07, 6.45) is 23.5. The molecule has 0 atom stereocenters. The normalized spacial score (nSPS) is 11.6. The van der Waals surface area contributed by atoms with Crippen molar-refractivity contribution in [1.82, 2.24) is 10.2 Å². The molecule has 29 heavy (non-hydrogen) atoms. The number of unbranched alkanes of at least 4 members (excludes halogenated alkanes) is 13. The maximum absolute atomic E-state index is 5.64. The Kier molecular flexibility index (Phi) is 25.7. The first-order valence-corrected chi connectivity index (χ1v) is 13.2. The third-order valence-electron chi connectivity index (χ3n) is 5.89. The SMILES string of the molecule is CCCCCCCCCCCCCCCCNCCCN(CCCN)CCCN. The average Bonchev–Trinajstić information content (AvgIpc) is 2.74. The number of nitrogens with zero attached hydrogens (tertiary/aromatic N) is 1. The highest BCUT2D eigenvalue weighted by molar-refractivity contribution is 4.61. The lowest BCUT2D eigenvalue weighted by Crippen LogP contribution is -2.31. The van der Waals surface area contributed by atoms with Gasteiger partial charge in [0.25, 0.3) is 0 Å². The maximum Gasteiger partial charge on any atom is -0.000662 e. The van der Waals surface area contributed by atoms with E-state index in [1.165, 1.54) is 109 Å². The van der Waals surface area contributed by atoms with Crippen molar-refractivity contribution in [3.63, 3.8) is 0 Å². The summed E-state index contributed by atoms with van der Waals surface area (Å²) in [6, 6.07) is 0. The van der Waals surface area contributed by atoms with Gasteiger partial charge in [-0.25, -0.2) is 0 Å². The molecule has 5 N–H and O–H groups in total. The van der Waals surface area contributed by atoms with E-state index in [0.29, 0.717) is 0 Å². The number of nitrogens with two attached hydrogens (primary N) is 2. The Balaban J connectivity index is 3.22. The monoisotopic (exact) mass is 412 g/mol. The molecule has 0 aromatic heterocycles. The molecule has 0 saturated heterocycles. The third-order valence-corrected chi connectivity index (χ3v) is 5.89. The van der Waals surface area contributed by atoms with Gasteiger partial charge in [-0.2, -0.15) is 0 Å². The molecule has 4 nitrogen and oxygen atoms in total. The predicted molar refractivity (Wildman–Crippen MR) is 132 cm³/mol. The smallest absolute Gasteiger partial charge is 0.000662 e. The van der Waals surface area contributed by atoms with Crippen LogP contribution < -0.4 is 16.8 Å². The van der Waals surface area contributed by atoms with Crippen molar-refractivity contribution in [3.05, 3.63) is 0 Å². The highest BCUT2D eigenvalue weighted by Gasteiger charge is 2.03. The minimum atomic E-state index is 0.788. The van der Waals surface area contributed by atoms with E-state index in [2.05, 4.69) is 17.1 Å². The van der Waals surface area contributed by atoms with E-state index in [1.54, 1.807) is 0 Å². The zero-order chi connectivity index (χ0) is 21.3. The quantitative estimate of drug-likeness (QED) is 0.174. The second-order valence-corrected chi connectivity index (χ2v) is 8.83. The Labute approximate surface area is 183 Å². The van der Waals surface area contributed by atoms with Crippen LogP contribution in [0, 0.1) is 0 Å². The molecule has 0 aliphatic rings. The standard InChI is InChI=1S/C25H56N4/c1-2-3-4-5-6-7-8-9-10-11-12-13-14-15-21-28-22-18-25-29(23-16-19-26)24-17-20-27/h28H,2-27H2,1H3. The van der Waals surface area contributed by atoms with Gasteiger partial charge in [-0.15, -0.1) is 0 Å². The number of hydrogen-bond acceptors (Lipinski definition) is 4. The van der Waals surface area contributed by atoms with E-state index in [0.717, 1.165) is 45.6 Å². The topological polar surface area (TPSA) is 67.3 Å². The van der Waals surface area contributed by atoms with Gasteiger partial charge < -0.3 is 21.7 Å². The molecule has 0 aliphatic carbocycles. The highest BCUT2D eigenvalue weighted by Crippen LogP contribution is 2.12. The summed E-state index contributed by atoms with van der Waals surface area (Å²) in [7, 11) is 0. The van der Waals surface area contributed by atoms with Gasteiger partial charge in [-0.05, 0) is 71.5 Å². The van der Waals surface area contributed by atoms with Crippen LogP contribution in [0.3, 0.4) is 0 Å². The van der Waals surface area contributed by atoms with Crippen molar-refractivity contribution < 1.29 is 0 Å². The number of hydrogen-bond donors (Lipinski definition) is 3. The molecule has 0 unspecified atom stereocenters. The van der Waals surface area contributed by atoms with Crippen LogP contribution in [0.1, 0.15) is 116 Å². The van der Waals surface area contributed by atoms with E-state index < -0.39 is 0 Å². The lowest BCUT2D eigenvalue weighted by Gasteiger charge is -2.21. The minimum absolute atomic E-state index is 0.788. The number of nitrogens with one attached hydrogen (secondary N) is 1. The number of rotatable bonds is 25. The van der Waals surface area contributed by atoms with Crippen molar-refractivity contribution in [2.75, 3.05) is 45.8 Å². The van der Waals surface area contributed by atoms with Crippen molar-refractivity contribution in [3.8, 4) is 0 Å². The van der Waals surface area contributed by atoms with Gasteiger partial charge in [-0.3, -0.25) is 0 Å². The molecule has 0 rings (SSSR count). The fourth-order valence-corrected chi connectivity index (χ4v) is 3.96. The Hall–Kier alpha value is -0.160. The summed E-state index contributed by atoms with van der Waals surface area (Å²) in [5, 5.41) is 3.62. The van der Waals surface area contributed by atoms with Gasteiger partial charge in [0.1, 0.15) is 0 Å². The van der Waals surface area contributed by atoms with E-state index in [9.17, 15) is 0 Å². The van der Waals surface area contributed by atoms with E-state index in [4.69, 9.17) is 11.5 Å². The summed E-state index contributed by atoms with van der Waals surface area (Å²) >= 11 is 0. The molecule has 0 amide bonds. The van der Waals surface area contributed by atoms with Crippen molar-refractivity contribution in [2.45, 2.75) is 116 Å². The molecule has 176 valence electrons. The van der Waals surface area contributed by atoms with Crippen molar-refractivity contribution >= 4 is 0 Å². The van der Waals surface area contributed by atoms with Crippen LogP contribution >= 0.6 is 0 Å². The van der Waals surface area contributed by atoms with Gasteiger partial charge >= 0.3 is 0 Å². The first kappa shape index (κ1) is 28.8. The highest BCUT2D eigenvalue weighted by atomic mass is 15.1. The largest absolute Gasteiger partial charge is 0.330 e. The zero-order valence-corrected chi connectivity index (χ0v) is 20.1. The molecular formula is C25H56N4. The van der Waals surface area contributed by atoms with Gasteiger partial charge in [-0.1, -0.05) is 90.4 Å². The van der Waals surface area contributed by atoms with Gasteiger partial charge in [0.05, 0.1) is 0 Å². The molecule has 0 aliphatic heterocycles. The van der Waals surface area contributed by atoms with Gasteiger partial charge in [0.2, 0.25) is 0 Å². The molecule has 0 spiro atoms. The molecule has 0 radical (unpaired) electrons. The second-order valence-electron chi connectivity index (χ2n) is 8.83. The summed E-state index contributed by atoms with van der Waals surface area (Å²) in [5.41, 5.74) is 11.3. The zero-order valence-electron chi connectivity index (χ0n) is 20.1. The third kappa shape index (κ3) is 24.0. The summed E-state index contributed by atoms with van der Waals surface area (Å²) in [6.45, 7) is 9.61. The molecule has 0 fully saturated rings. The maximum atomic E-state index is 5.64. The first-order valence-electron chi connectivity index (χ1n) is 13.2. The lowest BCUT2D eigenvalue weighted by molar-refractivity contribution is 0.265. The Bertz CT molecular complexity index is 278. The van der Waals surface area contributed by atoms with Crippen LogP contribution in [0.25, 0.3) is 0 Å². The van der Waals surface area contributed by atoms with Gasteiger partial charge in [0, 0.05) is 0 Å². The molecule has 4 heteroatoms. The van der Waals surface area contributed by atoms with Crippen LogP contribution in [0.5, 0.6) is 0 Å². The summed E-state index contributed by atoms with van der Waals surface area (Å²) in [4.78, 5) is 2.52. The molecule has 0 heterocycles. The van der Waals surface area contributed by atoms with Crippen LogP contribution in [-0.4, -0.2) is 50.7 Å². The van der Waals surface area contributed by atoms with Crippen LogP contribution in [0.2, 0.25) is 0 Å². The summed E-state index contributed by atoms with van der Waals surface area (Å²) < 4.78 is 0. The molecular weight excluding hydrogens is 356 g/mol. The average molecular weight is 413 g/mol.